The summed E-state index contributed by atoms with van der Waals surface area (Å²) in [6.45, 7) is 1.51. The van der Waals surface area contributed by atoms with Crippen molar-refractivity contribution in [3.63, 3.8) is 0 Å². The van der Waals surface area contributed by atoms with Gasteiger partial charge in [0.2, 0.25) is 11.6 Å². The topological polar surface area (TPSA) is 125 Å². The Morgan fingerprint density at radius 3 is 2.32 bits per heavy atom. The SMILES string of the molecule is O=C(c1ccccc1Oc1cc(F)c([N+](=O)[O-])cc1[N+](=O)[O-])N1CCOCC1. The highest BCUT2D eigenvalue weighted by molar-refractivity contribution is 5.97. The molecule has 3 rings (SSSR count). The van der Waals surface area contributed by atoms with Crippen molar-refractivity contribution >= 4 is 17.3 Å². The molecule has 1 heterocycles. The van der Waals surface area contributed by atoms with Gasteiger partial charge in [0.25, 0.3) is 5.91 Å². The number of hydrogen-bond donors (Lipinski definition) is 0. The third-order valence-corrected chi connectivity index (χ3v) is 4.06. The predicted octanol–water partition coefficient (Wildman–Crippen LogP) is 2.91. The maximum absolute atomic E-state index is 14.0. The van der Waals surface area contributed by atoms with Crippen LogP contribution in [0.25, 0.3) is 0 Å². The molecule has 1 aliphatic rings. The van der Waals surface area contributed by atoms with Crippen LogP contribution in [0.1, 0.15) is 10.4 Å². The summed E-state index contributed by atoms with van der Waals surface area (Å²) in [6, 6.07) is 7.05. The lowest BCUT2D eigenvalue weighted by Crippen LogP contribution is -2.40. The summed E-state index contributed by atoms with van der Waals surface area (Å²) in [5, 5.41) is 22.1. The van der Waals surface area contributed by atoms with E-state index in [-0.39, 0.29) is 17.2 Å². The van der Waals surface area contributed by atoms with Gasteiger partial charge in [-0.15, -0.1) is 0 Å². The molecule has 1 amide bonds. The molecule has 0 aliphatic carbocycles. The van der Waals surface area contributed by atoms with E-state index in [1.165, 1.54) is 17.0 Å². The lowest BCUT2D eigenvalue weighted by Gasteiger charge is -2.27. The standard InChI is InChI=1S/C17H14FN3O7/c18-12-9-16(14(21(25)26)10-13(12)20(23)24)28-15-4-2-1-3-11(15)17(22)19-5-7-27-8-6-19/h1-4,9-10H,5-8H2. The highest BCUT2D eigenvalue weighted by Crippen LogP contribution is 2.37. The highest BCUT2D eigenvalue weighted by atomic mass is 19.1. The van der Waals surface area contributed by atoms with Crippen molar-refractivity contribution in [3.8, 4) is 11.5 Å². The number of carbonyl (C=O) groups is 1. The van der Waals surface area contributed by atoms with Crippen LogP contribution in [-0.4, -0.2) is 47.0 Å². The third-order valence-electron chi connectivity index (χ3n) is 4.06. The van der Waals surface area contributed by atoms with Gasteiger partial charge in [0, 0.05) is 19.2 Å². The van der Waals surface area contributed by atoms with E-state index >= 15 is 0 Å². The van der Waals surface area contributed by atoms with Crippen molar-refractivity contribution < 1.29 is 28.5 Å². The maximum atomic E-state index is 14.0. The van der Waals surface area contributed by atoms with Crippen molar-refractivity contribution in [3.05, 3.63) is 68.0 Å². The molecule has 0 atom stereocenters. The summed E-state index contributed by atoms with van der Waals surface area (Å²) >= 11 is 0. The summed E-state index contributed by atoms with van der Waals surface area (Å²) in [4.78, 5) is 34.4. The molecule has 0 bridgehead atoms. The van der Waals surface area contributed by atoms with E-state index in [9.17, 15) is 29.4 Å². The molecule has 0 radical (unpaired) electrons. The molecule has 28 heavy (non-hydrogen) atoms. The first-order valence-corrected chi connectivity index (χ1v) is 8.14. The van der Waals surface area contributed by atoms with Crippen molar-refractivity contribution in [2.75, 3.05) is 26.3 Å². The molecule has 146 valence electrons. The van der Waals surface area contributed by atoms with Crippen LogP contribution in [0, 0.1) is 26.0 Å². The number of para-hydroxylation sites is 1. The van der Waals surface area contributed by atoms with Gasteiger partial charge in [-0.2, -0.15) is 4.39 Å². The van der Waals surface area contributed by atoms with Crippen LogP contribution >= 0.6 is 0 Å². The lowest BCUT2D eigenvalue weighted by molar-refractivity contribution is -0.396. The van der Waals surface area contributed by atoms with Crippen LogP contribution in [0.3, 0.4) is 0 Å². The number of morpholine rings is 1. The summed E-state index contributed by atoms with van der Waals surface area (Å²) < 4.78 is 24.6. The van der Waals surface area contributed by atoms with Gasteiger partial charge >= 0.3 is 11.4 Å². The van der Waals surface area contributed by atoms with Gasteiger partial charge in [-0.05, 0) is 12.1 Å². The monoisotopic (exact) mass is 391 g/mol. The number of nitro groups is 2. The second-order valence-electron chi connectivity index (χ2n) is 5.79. The zero-order valence-electron chi connectivity index (χ0n) is 14.4. The zero-order valence-corrected chi connectivity index (χ0v) is 14.4. The van der Waals surface area contributed by atoms with Gasteiger partial charge in [-0.25, -0.2) is 0 Å². The van der Waals surface area contributed by atoms with Crippen LogP contribution in [0.2, 0.25) is 0 Å². The van der Waals surface area contributed by atoms with Crippen LogP contribution < -0.4 is 4.74 Å². The average Bonchev–Trinajstić information content (AvgIpc) is 2.68. The molecule has 1 saturated heterocycles. The molecule has 1 fully saturated rings. The number of hydrogen-bond acceptors (Lipinski definition) is 7. The Labute approximate surface area is 157 Å². The lowest BCUT2D eigenvalue weighted by atomic mass is 10.1. The number of benzene rings is 2. The van der Waals surface area contributed by atoms with E-state index in [2.05, 4.69) is 0 Å². The number of halogens is 1. The molecule has 0 N–H and O–H groups in total. The molecule has 1 aliphatic heterocycles. The van der Waals surface area contributed by atoms with Crippen molar-refractivity contribution in [2.45, 2.75) is 0 Å². The summed E-state index contributed by atoms with van der Waals surface area (Å²) in [6.07, 6.45) is 0. The molecule has 0 spiro atoms. The van der Waals surface area contributed by atoms with Gasteiger partial charge in [-0.1, -0.05) is 12.1 Å². The van der Waals surface area contributed by atoms with E-state index in [1.807, 2.05) is 0 Å². The van der Waals surface area contributed by atoms with Gasteiger partial charge < -0.3 is 14.4 Å². The fraction of sp³-hybridized carbons (Fsp3) is 0.235. The molecule has 0 unspecified atom stereocenters. The zero-order chi connectivity index (χ0) is 20.3. The summed E-state index contributed by atoms with van der Waals surface area (Å²) in [5.41, 5.74) is -1.71. The van der Waals surface area contributed by atoms with Crippen LogP contribution in [0.15, 0.2) is 36.4 Å². The normalized spacial score (nSPS) is 13.8. The molecular formula is C17H14FN3O7. The van der Waals surface area contributed by atoms with Crippen molar-refractivity contribution in [1.29, 1.82) is 0 Å². The average molecular weight is 391 g/mol. The first kappa shape index (κ1) is 19.2. The smallest absolute Gasteiger partial charge is 0.318 e. The Balaban J connectivity index is 1.98. The molecule has 2 aromatic rings. The summed E-state index contributed by atoms with van der Waals surface area (Å²) in [5.74, 6) is -2.24. The first-order valence-electron chi connectivity index (χ1n) is 8.14. The highest BCUT2D eigenvalue weighted by Gasteiger charge is 2.28. The van der Waals surface area contributed by atoms with Gasteiger partial charge in [0.15, 0.2) is 0 Å². The predicted molar refractivity (Wildman–Crippen MR) is 92.9 cm³/mol. The molecule has 10 nitrogen and oxygen atoms in total. The van der Waals surface area contributed by atoms with Gasteiger partial charge in [-0.3, -0.25) is 25.0 Å². The first-order chi connectivity index (χ1) is 13.4. The Morgan fingerprint density at radius 1 is 1.04 bits per heavy atom. The number of nitro benzene ring substituents is 2. The molecular weight excluding hydrogens is 377 g/mol. The van der Waals surface area contributed by atoms with E-state index < -0.39 is 32.8 Å². The number of amides is 1. The van der Waals surface area contributed by atoms with E-state index in [0.717, 1.165) is 0 Å². The van der Waals surface area contributed by atoms with Crippen LogP contribution in [0.4, 0.5) is 15.8 Å². The summed E-state index contributed by atoms with van der Waals surface area (Å²) in [7, 11) is 0. The van der Waals surface area contributed by atoms with Crippen molar-refractivity contribution in [1.82, 2.24) is 4.90 Å². The van der Waals surface area contributed by atoms with E-state index in [4.69, 9.17) is 9.47 Å². The van der Waals surface area contributed by atoms with Crippen molar-refractivity contribution in [2.24, 2.45) is 0 Å². The molecule has 11 heteroatoms. The quantitative estimate of drug-likeness (QED) is 0.567. The molecule has 0 saturated carbocycles. The number of ether oxygens (including phenoxy) is 2. The minimum atomic E-state index is -1.29. The Kier molecular flexibility index (Phi) is 5.45. The van der Waals surface area contributed by atoms with E-state index in [1.54, 1.807) is 12.1 Å². The Bertz CT molecular complexity index is 944. The minimum absolute atomic E-state index is 0.0321. The molecule has 0 aromatic heterocycles. The van der Waals surface area contributed by atoms with Crippen LogP contribution in [0.5, 0.6) is 11.5 Å². The second-order valence-corrected chi connectivity index (χ2v) is 5.79. The molecule has 2 aromatic carbocycles. The maximum Gasteiger partial charge on any atom is 0.318 e. The largest absolute Gasteiger partial charge is 0.449 e. The van der Waals surface area contributed by atoms with Gasteiger partial charge in [0.05, 0.1) is 28.6 Å². The number of nitrogens with zero attached hydrogens (tertiary/aromatic N) is 3. The fourth-order valence-electron chi connectivity index (χ4n) is 2.68. The Morgan fingerprint density at radius 2 is 1.68 bits per heavy atom. The van der Waals surface area contributed by atoms with Crippen LogP contribution in [-0.2, 0) is 4.74 Å². The Hall–Kier alpha value is -3.60. The van der Waals surface area contributed by atoms with Gasteiger partial charge in [0.1, 0.15) is 11.8 Å². The number of carbonyl (C=O) groups excluding carboxylic acids is 1. The minimum Gasteiger partial charge on any atom is -0.449 e. The van der Waals surface area contributed by atoms with E-state index in [0.29, 0.717) is 38.4 Å². The second kappa shape index (κ2) is 7.96. The third kappa shape index (κ3) is 3.88. The fourth-order valence-corrected chi connectivity index (χ4v) is 2.68. The number of rotatable bonds is 5.